The van der Waals surface area contributed by atoms with Gasteiger partial charge in [-0.2, -0.15) is 0 Å². The minimum absolute atomic E-state index is 0.322. The molecule has 0 aliphatic rings. The van der Waals surface area contributed by atoms with Crippen LogP contribution in [0.3, 0.4) is 0 Å². The molecule has 0 spiro atoms. The topological polar surface area (TPSA) is 43.8 Å². The Bertz CT molecular complexity index is 619. The summed E-state index contributed by atoms with van der Waals surface area (Å²) in [5, 5.41) is 0.451. The fraction of sp³-hybridized carbons (Fsp3) is 0.214. The molecule has 0 aliphatic carbocycles. The second kappa shape index (κ2) is 5.45. The van der Waals surface area contributed by atoms with Crippen LogP contribution in [-0.4, -0.2) is 9.55 Å². The van der Waals surface area contributed by atoms with E-state index in [4.69, 9.17) is 17.3 Å². The van der Waals surface area contributed by atoms with E-state index >= 15 is 0 Å². The zero-order valence-electron chi connectivity index (χ0n) is 10.7. The summed E-state index contributed by atoms with van der Waals surface area (Å²) >= 11 is 5.90. The Hall–Kier alpha value is -1.81. The molecule has 2 N–H and O–H groups in total. The number of nitrogens with zero attached hydrogens (tertiary/aromatic N) is 2. The van der Waals surface area contributed by atoms with Gasteiger partial charge in [-0.15, -0.1) is 6.58 Å². The average Bonchev–Trinajstić information content (AvgIpc) is 2.70. The van der Waals surface area contributed by atoms with Gasteiger partial charge in [0.2, 0.25) is 0 Å². The molecule has 5 heteroatoms. The Labute approximate surface area is 116 Å². The van der Waals surface area contributed by atoms with Crippen LogP contribution in [-0.2, 0) is 13.0 Å². The van der Waals surface area contributed by atoms with E-state index in [9.17, 15) is 4.39 Å². The summed E-state index contributed by atoms with van der Waals surface area (Å²) in [6.07, 6.45) is 2.44. The predicted molar refractivity (Wildman–Crippen MR) is 76.6 cm³/mol. The molecule has 19 heavy (non-hydrogen) atoms. The van der Waals surface area contributed by atoms with Crippen molar-refractivity contribution in [3.05, 3.63) is 47.5 Å². The van der Waals surface area contributed by atoms with E-state index in [1.165, 1.54) is 18.2 Å². The van der Waals surface area contributed by atoms with Crippen LogP contribution in [0.15, 0.2) is 30.9 Å². The first-order valence-electron chi connectivity index (χ1n) is 5.99. The fourth-order valence-corrected chi connectivity index (χ4v) is 2.17. The second-order valence-corrected chi connectivity index (χ2v) is 4.58. The average molecular weight is 280 g/mol. The van der Waals surface area contributed by atoms with Gasteiger partial charge in [-0.05, 0) is 18.2 Å². The van der Waals surface area contributed by atoms with E-state index in [0.717, 1.165) is 5.82 Å². The molecular weight excluding hydrogens is 265 g/mol. The van der Waals surface area contributed by atoms with Crippen LogP contribution < -0.4 is 5.73 Å². The summed E-state index contributed by atoms with van der Waals surface area (Å²) in [7, 11) is 0. The molecule has 0 bridgehead atoms. The molecule has 0 aliphatic heterocycles. The minimum Gasteiger partial charge on any atom is -0.383 e. The molecule has 2 aromatic rings. The molecule has 0 unspecified atom stereocenters. The number of aryl methyl sites for hydroxylation is 1. The smallest absolute Gasteiger partial charge is 0.132 e. The van der Waals surface area contributed by atoms with Gasteiger partial charge in [-0.1, -0.05) is 24.6 Å². The largest absolute Gasteiger partial charge is 0.383 e. The summed E-state index contributed by atoms with van der Waals surface area (Å²) in [6, 6.07) is 4.35. The molecule has 0 fully saturated rings. The maximum absolute atomic E-state index is 13.9. The van der Waals surface area contributed by atoms with Crippen LogP contribution in [0.5, 0.6) is 0 Å². The maximum atomic E-state index is 13.9. The number of rotatable bonds is 4. The molecule has 0 radical (unpaired) electrons. The van der Waals surface area contributed by atoms with Gasteiger partial charge in [-0.3, -0.25) is 0 Å². The first-order chi connectivity index (χ1) is 9.08. The van der Waals surface area contributed by atoms with Gasteiger partial charge in [0.05, 0.1) is 0 Å². The van der Waals surface area contributed by atoms with Crippen molar-refractivity contribution in [3.63, 3.8) is 0 Å². The first kappa shape index (κ1) is 13.6. The lowest BCUT2D eigenvalue weighted by Crippen LogP contribution is -2.05. The van der Waals surface area contributed by atoms with Crippen molar-refractivity contribution in [1.29, 1.82) is 0 Å². The van der Waals surface area contributed by atoms with Crippen LogP contribution in [0.25, 0.3) is 11.3 Å². The van der Waals surface area contributed by atoms with Crippen molar-refractivity contribution in [2.24, 2.45) is 0 Å². The SMILES string of the molecule is C=CCn1c(CC)nc(-c2cc(Cl)ccc2F)c1N. The van der Waals surface area contributed by atoms with Crippen LogP contribution in [0.4, 0.5) is 10.2 Å². The molecule has 0 atom stereocenters. The van der Waals surface area contributed by atoms with Crippen LogP contribution in [0.2, 0.25) is 5.02 Å². The predicted octanol–water partition coefficient (Wildman–Crippen LogP) is 3.67. The number of aromatic nitrogens is 2. The standard InChI is InChI=1S/C14H15ClFN3/c1-3-7-19-12(4-2)18-13(14(19)17)10-8-9(15)5-6-11(10)16/h3,5-6,8H,1,4,7,17H2,2H3. The number of benzene rings is 1. The summed E-state index contributed by atoms with van der Waals surface area (Å²) in [6.45, 7) is 6.20. The number of hydrogen-bond acceptors (Lipinski definition) is 2. The first-order valence-corrected chi connectivity index (χ1v) is 6.37. The Morgan fingerprint density at radius 3 is 2.89 bits per heavy atom. The van der Waals surface area contributed by atoms with Crippen molar-refractivity contribution in [2.45, 2.75) is 19.9 Å². The van der Waals surface area contributed by atoms with E-state index < -0.39 is 0 Å². The highest BCUT2D eigenvalue weighted by Crippen LogP contribution is 2.30. The number of halogens is 2. The highest BCUT2D eigenvalue weighted by molar-refractivity contribution is 6.30. The summed E-state index contributed by atoms with van der Waals surface area (Å²) in [5.74, 6) is 0.840. The van der Waals surface area contributed by atoms with Crippen molar-refractivity contribution < 1.29 is 4.39 Å². The fourth-order valence-electron chi connectivity index (χ4n) is 1.99. The molecule has 1 aromatic carbocycles. The van der Waals surface area contributed by atoms with Gasteiger partial charge >= 0.3 is 0 Å². The molecule has 1 heterocycles. The van der Waals surface area contributed by atoms with Crippen LogP contribution in [0, 0.1) is 5.82 Å². The van der Waals surface area contributed by atoms with E-state index in [0.29, 0.717) is 35.1 Å². The van der Waals surface area contributed by atoms with E-state index in [-0.39, 0.29) is 5.82 Å². The molecule has 0 saturated carbocycles. The maximum Gasteiger partial charge on any atom is 0.132 e. The van der Waals surface area contributed by atoms with Crippen LogP contribution in [0.1, 0.15) is 12.7 Å². The highest BCUT2D eigenvalue weighted by Gasteiger charge is 2.17. The number of anilines is 1. The Kier molecular flexibility index (Phi) is 3.90. The van der Waals surface area contributed by atoms with Gasteiger partial charge in [0.15, 0.2) is 0 Å². The number of hydrogen-bond donors (Lipinski definition) is 1. The van der Waals surface area contributed by atoms with Crippen molar-refractivity contribution >= 4 is 17.4 Å². The molecule has 1 aromatic heterocycles. The molecule has 3 nitrogen and oxygen atoms in total. The van der Waals surface area contributed by atoms with Crippen LogP contribution >= 0.6 is 11.6 Å². The number of nitrogens with two attached hydrogens (primary N) is 1. The van der Waals surface area contributed by atoms with Crippen molar-refractivity contribution in [1.82, 2.24) is 9.55 Å². The van der Waals surface area contributed by atoms with Crippen molar-refractivity contribution in [3.8, 4) is 11.3 Å². The molecular formula is C14H15ClFN3. The molecule has 0 amide bonds. The normalized spacial score (nSPS) is 10.7. The second-order valence-electron chi connectivity index (χ2n) is 4.14. The quantitative estimate of drug-likeness (QED) is 0.868. The summed E-state index contributed by atoms with van der Waals surface area (Å²) in [5.41, 5.74) is 6.81. The Morgan fingerprint density at radius 1 is 1.53 bits per heavy atom. The molecule has 100 valence electrons. The van der Waals surface area contributed by atoms with Crippen molar-refractivity contribution in [2.75, 3.05) is 5.73 Å². The molecule has 2 rings (SSSR count). The third-order valence-electron chi connectivity index (χ3n) is 2.90. The zero-order valence-corrected chi connectivity index (χ0v) is 11.4. The Balaban J connectivity index is 2.62. The Morgan fingerprint density at radius 2 is 2.26 bits per heavy atom. The lowest BCUT2D eigenvalue weighted by atomic mass is 10.1. The molecule has 0 saturated heterocycles. The van der Waals surface area contributed by atoms with Gasteiger partial charge in [0.25, 0.3) is 0 Å². The highest BCUT2D eigenvalue weighted by atomic mass is 35.5. The zero-order chi connectivity index (χ0) is 14.0. The summed E-state index contributed by atoms with van der Waals surface area (Å²) in [4.78, 5) is 4.41. The third kappa shape index (κ3) is 2.49. The van der Waals surface area contributed by atoms with Gasteiger partial charge in [-0.25, -0.2) is 9.37 Å². The minimum atomic E-state index is -0.387. The lowest BCUT2D eigenvalue weighted by Gasteiger charge is -2.05. The number of allylic oxidation sites excluding steroid dienone is 1. The van der Waals surface area contributed by atoms with Gasteiger partial charge < -0.3 is 10.3 Å². The van der Waals surface area contributed by atoms with Gasteiger partial charge in [0.1, 0.15) is 23.2 Å². The monoisotopic (exact) mass is 279 g/mol. The number of nitrogen functional groups attached to an aromatic ring is 1. The lowest BCUT2D eigenvalue weighted by molar-refractivity contribution is 0.631. The van der Waals surface area contributed by atoms with E-state index in [1.807, 2.05) is 11.5 Å². The van der Waals surface area contributed by atoms with E-state index in [2.05, 4.69) is 11.6 Å². The third-order valence-corrected chi connectivity index (χ3v) is 3.13. The van der Waals surface area contributed by atoms with E-state index in [1.54, 1.807) is 6.08 Å². The number of imidazole rings is 1. The summed E-state index contributed by atoms with van der Waals surface area (Å²) < 4.78 is 15.7. The van der Waals surface area contributed by atoms with Gasteiger partial charge in [0, 0.05) is 23.6 Å².